The summed E-state index contributed by atoms with van der Waals surface area (Å²) in [5, 5.41) is 0. The van der Waals surface area contributed by atoms with Crippen LogP contribution in [-0.2, 0) is 9.53 Å². The Labute approximate surface area is 204 Å². The minimum atomic E-state index is -0.112. The number of ether oxygens (including phenoxy) is 1. The van der Waals surface area contributed by atoms with Gasteiger partial charge in [-0.1, -0.05) is 72.3 Å². The summed E-state index contributed by atoms with van der Waals surface area (Å²) in [4.78, 5) is 11.6. The highest BCUT2D eigenvalue weighted by Crippen LogP contribution is 2.67. The fourth-order valence-electron chi connectivity index (χ4n) is 8.92. The van der Waals surface area contributed by atoms with Crippen molar-refractivity contribution in [1.82, 2.24) is 0 Å². The molecule has 0 aromatic rings. The van der Waals surface area contributed by atoms with E-state index in [4.69, 9.17) is 4.74 Å². The predicted molar refractivity (Wildman–Crippen MR) is 138 cm³/mol. The molecule has 0 N–H and O–H groups in total. The van der Waals surface area contributed by atoms with Crippen LogP contribution < -0.4 is 0 Å². The average molecular weight is 455 g/mol. The van der Waals surface area contributed by atoms with Gasteiger partial charge in [0, 0.05) is 6.92 Å². The van der Waals surface area contributed by atoms with Crippen LogP contribution in [0.5, 0.6) is 0 Å². The van der Waals surface area contributed by atoms with Crippen LogP contribution in [0, 0.1) is 58.2 Å². The number of hydrogen-bond donors (Lipinski definition) is 0. The molecule has 0 bridgehead atoms. The van der Waals surface area contributed by atoms with E-state index in [2.05, 4.69) is 66.7 Å². The third kappa shape index (κ3) is 4.27. The van der Waals surface area contributed by atoms with Gasteiger partial charge < -0.3 is 4.74 Å². The van der Waals surface area contributed by atoms with Gasteiger partial charge in [0.2, 0.25) is 0 Å². The number of carbonyl (C=O) groups excluding carboxylic acids is 1. The monoisotopic (exact) mass is 454 g/mol. The van der Waals surface area contributed by atoms with Crippen molar-refractivity contribution in [3.63, 3.8) is 0 Å². The fraction of sp³-hybridized carbons (Fsp3) is 0.839. The van der Waals surface area contributed by atoms with E-state index in [9.17, 15) is 4.79 Å². The Bertz CT molecular complexity index is 793. The minimum absolute atomic E-state index is 0.112. The third-order valence-corrected chi connectivity index (χ3v) is 11.3. The fourth-order valence-corrected chi connectivity index (χ4v) is 8.92. The van der Waals surface area contributed by atoms with Crippen molar-refractivity contribution in [1.29, 1.82) is 0 Å². The Balaban J connectivity index is 1.54. The minimum Gasteiger partial charge on any atom is -0.462 e. The normalized spacial score (nSPS) is 44.6. The van der Waals surface area contributed by atoms with Gasteiger partial charge in [-0.25, -0.2) is 0 Å². The van der Waals surface area contributed by atoms with E-state index in [0.29, 0.717) is 34.5 Å². The molecule has 0 radical (unpaired) electrons. The van der Waals surface area contributed by atoms with E-state index in [-0.39, 0.29) is 12.1 Å². The molecule has 186 valence electrons. The number of fused-ring (bicyclic) bond motifs is 5. The summed E-state index contributed by atoms with van der Waals surface area (Å²) in [5.41, 5.74) is 2.66. The van der Waals surface area contributed by atoms with Gasteiger partial charge in [-0.3, -0.25) is 4.79 Å². The number of esters is 1. The molecule has 33 heavy (non-hydrogen) atoms. The van der Waals surface area contributed by atoms with E-state index in [1.807, 2.05) is 5.57 Å². The Morgan fingerprint density at radius 2 is 1.67 bits per heavy atom. The highest BCUT2D eigenvalue weighted by molar-refractivity contribution is 5.66. The van der Waals surface area contributed by atoms with Crippen LogP contribution >= 0.6 is 0 Å². The van der Waals surface area contributed by atoms with Crippen LogP contribution in [0.4, 0.5) is 0 Å². The van der Waals surface area contributed by atoms with E-state index in [1.165, 1.54) is 38.5 Å². The molecule has 3 saturated carbocycles. The molecule has 10 unspecified atom stereocenters. The number of allylic oxidation sites excluding steroid dienone is 4. The molecule has 4 aliphatic rings. The maximum absolute atomic E-state index is 11.6. The lowest BCUT2D eigenvalue weighted by Crippen LogP contribution is -2.53. The molecule has 0 aromatic carbocycles. The van der Waals surface area contributed by atoms with Gasteiger partial charge in [0.1, 0.15) is 6.10 Å². The average Bonchev–Trinajstić information content (AvgIpc) is 3.11. The highest BCUT2D eigenvalue weighted by Gasteiger charge is 2.59. The largest absolute Gasteiger partial charge is 0.462 e. The molecule has 0 spiro atoms. The van der Waals surface area contributed by atoms with Crippen molar-refractivity contribution in [3.05, 3.63) is 23.8 Å². The second kappa shape index (κ2) is 9.19. The molecule has 0 aliphatic heterocycles. The van der Waals surface area contributed by atoms with Crippen molar-refractivity contribution in [2.24, 2.45) is 58.2 Å². The predicted octanol–water partition coefficient (Wildman–Crippen LogP) is 8.23. The summed E-state index contributed by atoms with van der Waals surface area (Å²) in [6, 6.07) is 0. The van der Waals surface area contributed by atoms with E-state index < -0.39 is 0 Å². The van der Waals surface area contributed by atoms with Gasteiger partial charge in [0.15, 0.2) is 0 Å². The Morgan fingerprint density at radius 3 is 2.33 bits per heavy atom. The zero-order valence-electron chi connectivity index (χ0n) is 22.7. The van der Waals surface area contributed by atoms with Gasteiger partial charge in [0.05, 0.1) is 0 Å². The lowest BCUT2D eigenvalue weighted by molar-refractivity contribution is -0.158. The Kier molecular flexibility index (Phi) is 6.98. The van der Waals surface area contributed by atoms with Crippen LogP contribution in [0.1, 0.15) is 100 Å². The SMILES string of the molecule is CC(=O)OC1CCC2(C)C3CCC4(C)C(CCC4C(C)C=CC(C)C(C)C)C3=CCC2C1C. The Hall–Kier alpha value is -1.05. The first-order chi connectivity index (χ1) is 15.5. The smallest absolute Gasteiger partial charge is 0.302 e. The second-order valence-corrected chi connectivity index (χ2v) is 13.3. The molecule has 0 aromatic heterocycles. The molecule has 2 nitrogen and oxygen atoms in total. The van der Waals surface area contributed by atoms with E-state index >= 15 is 0 Å². The zero-order chi connectivity index (χ0) is 24.1. The zero-order valence-corrected chi connectivity index (χ0v) is 22.7. The number of carbonyl (C=O) groups is 1. The second-order valence-electron chi connectivity index (χ2n) is 13.3. The van der Waals surface area contributed by atoms with Gasteiger partial charge in [-0.2, -0.15) is 0 Å². The van der Waals surface area contributed by atoms with E-state index in [0.717, 1.165) is 30.1 Å². The molecule has 0 amide bonds. The third-order valence-electron chi connectivity index (χ3n) is 11.3. The lowest BCUT2D eigenvalue weighted by atomic mass is 9.46. The van der Waals surface area contributed by atoms with Crippen LogP contribution in [0.15, 0.2) is 23.8 Å². The topological polar surface area (TPSA) is 26.3 Å². The van der Waals surface area contributed by atoms with Crippen molar-refractivity contribution >= 4 is 5.97 Å². The van der Waals surface area contributed by atoms with Crippen molar-refractivity contribution in [3.8, 4) is 0 Å². The van der Waals surface area contributed by atoms with Crippen LogP contribution in [-0.4, -0.2) is 12.1 Å². The van der Waals surface area contributed by atoms with Crippen LogP contribution in [0.2, 0.25) is 0 Å². The quantitative estimate of drug-likeness (QED) is 0.309. The molecule has 0 saturated heterocycles. The van der Waals surface area contributed by atoms with Crippen molar-refractivity contribution in [2.45, 2.75) is 106 Å². The maximum Gasteiger partial charge on any atom is 0.302 e. The summed E-state index contributed by atoms with van der Waals surface area (Å²) in [6.45, 7) is 18.6. The lowest BCUT2D eigenvalue weighted by Gasteiger charge is -2.59. The standard InChI is InChI=1S/C31H50O2/c1-19(2)20(3)9-10-21(4)25-13-14-27-24-11-12-26-22(5)29(33-23(6)32)16-18-31(26,8)28(24)15-17-30(25,27)7/h9-11,19-22,25-29H,12-18H2,1-8H3. The van der Waals surface area contributed by atoms with Crippen molar-refractivity contribution in [2.75, 3.05) is 0 Å². The molecular formula is C31H50O2. The number of hydrogen-bond acceptors (Lipinski definition) is 2. The van der Waals surface area contributed by atoms with Gasteiger partial charge in [-0.15, -0.1) is 0 Å². The summed E-state index contributed by atoms with van der Waals surface area (Å²) in [7, 11) is 0. The maximum atomic E-state index is 11.6. The van der Waals surface area contributed by atoms with Gasteiger partial charge in [0.25, 0.3) is 0 Å². The summed E-state index contributed by atoms with van der Waals surface area (Å²) in [5.74, 6) is 5.37. The molecule has 3 fully saturated rings. The van der Waals surface area contributed by atoms with Crippen LogP contribution in [0.3, 0.4) is 0 Å². The van der Waals surface area contributed by atoms with Gasteiger partial charge >= 0.3 is 5.97 Å². The first kappa shape index (κ1) is 25.1. The van der Waals surface area contributed by atoms with Gasteiger partial charge in [-0.05, 0) is 103 Å². The van der Waals surface area contributed by atoms with E-state index in [1.54, 1.807) is 6.92 Å². The van der Waals surface area contributed by atoms with Crippen molar-refractivity contribution < 1.29 is 9.53 Å². The summed E-state index contributed by atoms with van der Waals surface area (Å²) < 4.78 is 5.75. The molecule has 4 rings (SSSR count). The summed E-state index contributed by atoms with van der Waals surface area (Å²) in [6.07, 6.45) is 16.8. The summed E-state index contributed by atoms with van der Waals surface area (Å²) >= 11 is 0. The first-order valence-electron chi connectivity index (χ1n) is 14.0. The Morgan fingerprint density at radius 1 is 1.00 bits per heavy atom. The molecular weight excluding hydrogens is 404 g/mol. The van der Waals surface area contributed by atoms with Crippen LogP contribution in [0.25, 0.3) is 0 Å². The molecule has 4 aliphatic carbocycles. The first-order valence-corrected chi connectivity index (χ1v) is 14.0. The highest BCUT2D eigenvalue weighted by atomic mass is 16.5. The molecule has 0 heterocycles. The molecule has 2 heteroatoms. The number of rotatable bonds is 5. The molecule has 10 atom stereocenters.